The van der Waals surface area contributed by atoms with Gasteiger partial charge in [-0.3, -0.25) is 4.79 Å². The number of hydrogen-bond donors (Lipinski definition) is 2. The lowest BCUT2D eigenvalue weighted by molar-refractivity contribution is -0.120. The highest BCUT2D eigenvalue weighted by Gasteiger charge is 2.14. The van der Waals surface area contributed by atoms with Gasteiger partial charge in [-0.1, -0.05) is 6.07 Å². The predicted molar refractivity (Wildman–Crippen MR) is 102 cm³/mol. The Labute approximate surface area is 156 Å². The molecule has 0 bridgehead atoms. The summed E-state index contributed by atoms with van der Waals surface area (Å²) in [4.78, 5) is 17.6. The van der Waals surface area contributed by atoms with Crippen LogP contribution < -0.4 is 10.6 Å². The van der Waals surface area contributed by atoms with Crippen LogP contribution in [0.5, 0.6) is 0 Å². The molecule has 1 saturated heterocycles. The van der Waals surface area contributed by atoms with Crippen LogP contribution in [-0.2, 0) is 11.2 Å². The first-order valence-electron chi connectivity index (χ1n) is 7.27. The van der Waals surface area contributed by atoms with E-state index in [2.05, 4.69) is 21.7 Å². The summed E-state index contributed by atoms with van der Waals surface area (Å²) in [5, 5.41) is 11.4. The van der Waals surface area contributed by atoms with E-state index in [1.165, 1.54) is 11.3 Å². The third-order valence-corrected chi connectivity index (χ3v) is 5.59. The molecule has 1 fully saturated rings. The van der Waals surface area contributed by atoms with E-state index in [1.807, 2.05) is 16.8 Å². The van der Waals surface area contributed by atoms with Crippen LogP contribution in [0.1, 0.15) is 18.5 Å². The summed E-state index contributed by atoms with van der Waals surface area (Å²) in [6.07, 6.45) is 2.67. The van der Waals surface area contributed by atoms with Gasteiger partial charge in [0.2, 0.25) is 5.91 Å². The average molecular weight is 394 g/mol. The third-order valence-electron chi connectivity index (χ3n) is 3.66. The molecule has 128 valence electrons. The van der Waals surface area contributed by atoms with Crippen LogP contribution in [0, 0.1) is 5.92 Å². The summed E-state index contributed by atoms with van der Waals surface area (Å²) in [5.74, 6) is 0.791. The molecule has 1 atom stereocenters. The number of halogens is 2. The zero-order valence-electron chi connectivity index (χ0n) is 12.6. The summed E-state index contributed by atoms with van der Waals surface area (Å²) in [5.41, 5.74) is 0.864. The van der Waals surface area contributed by atoms with Crippen molar-refractivity contribution >= 4 is 53.4 Å². The Morgan fingerprint density at radius 1 is 1.39 bits per heavy atom. The normalized spacial score (nSPS) is 16.4. The maximum atomic E-state index is 11.9. The zero-order valence-corrected chi connectivity index (χ0v) is 15.9. The Bertz CT molecular complexity index is 583. The fraction of sp³-hybridized carbons (Fsp3) is 0.467. The van der Waals surface area contributed by atoms with Crippen molar-refractivity contribution in [3.63, 3.8) is 0 Å². The second-order valence-corrected chi connectivity index (χ2v) is 7.10. The van der Waals surface area contributed by atoms with E-state index >= 15 is 0 Å². The molecule has 3 rings (SSSR count). The van der Waals surface area contributed by atoms with Crippen LogP contribution in [0.25, 0.3) is 9.88 Å². The summed E-state index contributed by atoms with van der Waals surface area (Å²) >= 11 is 3.28. The second kappa shape index (κ2) is 10.3. The van der Waals surface area contributed by atoms with Crippen molar-refractivity contribution in [3.05, 3.63) is 28.6 Å². The zero-order chi connectivity index (χ0) is 14.5. The van der Waals surface area contributed by atoms with Gasteiger partial charge in [-0.2, -0.15) is 0 Å². The lowest BCUT2D eigenvalue weighted by Gasteiger charge is -2.08. The molecule has 1 aliphatic heterocycles. The largest absolute Gasteiger partial charge is 0.356 e. The Kier molecular flexibility index (Phi) is 9.09. The number of hydrogen-bond acceptors (Lipinski definition) is 5. The van der Waals surface area contributed by atoms with Crippen LogP contribution in [-0.4, -0.2) is 30.5 Å². The van der Waals surface area contributed by atoms with E-state index in [4.69, 9.17) is 0 Å². The van der Waals surface area contributed by atoms with E-state index < -0.39 is 0 Å². The molecule has 8 heteroatoms. The number of thiazole rings is 1. The van der Waals surface area contributed by atoms with Crippen LogP contribution in [0.4, 0.5) is 0 Å². The van der Waals surface area contributed by atoms with Crippen molar-refractivity contribution in [1.29, 1.82) is 0 Å². The standard InChI is InChI=1S/C15H19N3OS2.2ClH/c19-14(17-6-4-11-3-5-16-9-11)8-12-10-21-15(18-12)13-2-1-7-20-13;;/h1-2,7,10-11,16H,3-6,8-9H2,(H,17,19);2*1H. The van der Waals surface area contributed by atoms with E-state index in [0.717, 1.165) is 42.7 Å². The number of nitrogens with one attached hydrogen (secondary N) is 2. The number of carbonyl (C=O) groups excluding carboxylic acids is 1. The topological polar surface area (TPSA) is 54.0 Å². The van der Waals surface area contributed by atoms with Crippen LogP contribution >= 0.6 is 47.5 Å². The fourth-order valence-corrected chi connectivity index (χ4v) is 4.14. The number of amides is 1. The smallest absolute Gasteiger partial charge is 0.226 e. The van der Waals surface area contributed by atoms with Gasteiger partial charge in [0.1, 0.15) is 5.01 Å². The molecule has 0 aliphatic carbocycles. The Hall–Kier alpha value is -0.660. The van der Waals surface area contributed by atoms with Gasteiger partial charge in [0.25, 0.3) is 0 Å². The summed E-state index contributed by atoms with van der Waals surface area (Å²) in [7, 11) is 0. The van der Waals surface area contributed by atoms with Crippen molar-refractivity contribution in [2.75, 3.05) is 19.6 Å². The molecule has 1 amide bonds. The van der Waals surface area contributed by atoms with Crippen LogP contribution in [0.2, 0.25) is 0 Å². The highest BCUT2D eigenvalue weighted by Crippen LogP contribution is 2.27. The number of rotatable bonds is 6. The van der Waals surface area contributed by atoms with Crippen molar-refractivity contribution in [1.82, 2.24) is 15.6 Å². The minimum absolute atomic E-state index is 0. The maximum absolute atomic E-state index is 11.9. The molecule has 3 heterocycles. The molecule has 1 unspecified atom stereocenters. The van der Waals surface area contributed by atoms with Crippen molar-refractivity contribution < 1.29 is 4.79 Å². The lowest BCUT2D eigenvalue weighted by atomic mass is 10.1. The van der Waals surface area contributed by atoms with Gasteiger partial charge < -0.3 is 10.6 Å². The highest BCUT2D eigenvalue weighted by atomic mass is 35.5. The predicted octanol–water partition coefficient (Wildman–Crippen LogP) is 3.37. The maximum Gasteiger partial charge on any atom is 0.226 e. The van der Waals surface area contributed by atoms with Crippen molar-refractivity contribution in [2.24, 2.45) is 5.92 Å². The van der Waals surface area contributed by atoms with Crippen LogP contribution in [0.3, 0.4) is 0 Å². The molecular formula is C15H21Cl2N3OS2. The highest BCUT2D eigenvalue weighted by molar-refractivity contribution is 7.20. The SMILES string of the molecule is Cl.Cl.O=C(Cc1csc(-c2cccs2)n1)NCCC1CCNC1. The summed E-state index contributed by atoms with van der Waals surface area (Å²) < 4.78 is 0. The first-order valence-corrected chi connectivity index (χ1v) is 9.03. The number of aromatic nitrogens is 1. The van der Waals surface area contributed by atoms with Crippen molar-refractivity contribution in [2.45, 2.75) is 19.3 Å². The minimum Gasteiger partial charge on any atom is -0.356 e. The molecule has 0 aromatic carbocycles. The summed E-state index contributed by atoms with van der Waals surface area (Å²) in [6.45, 7) is 2.97. The van der Waals surface area contributed by atoms with E-state index in [0.29, 0.717) is 6.42 Å². The molecule has 0 spiro atoms. The van der Waals surface area contributed by atoms with Crippen LogP contribution in [0.15, 0.2) is 22.9 Å². The van der Waals surface area contributed by atoms with E-state index in [1.54, 1.807) is 22.7 Å². The number of thiophene rings is 1. The number of nitrogens with zero attached hydrogens (tertiary/aromatic N) is 1. The molecule has 0 radical (unpaired) electrons. The summed E-state index contributed by atoms with van der Waals surface area (Å²) in [6, 6.07) is 4.08. The molecule has 2 aromatic heterocycles. The molecule has 4 nitrogen and oxygen atoms in total. The molecular weight excluding hydrogens is 373 g/mol. The molecule has 2 N–H and O–H groups in total. The van der Waals surface area contributed by atoms with Gasteiger partial charge in [0, 0.05) is 11.9 Å². The Balaban J connectivity index is 0.00000132. The average Bonchev–Trinajstić information content (AvgIpc) is 3.21. The van der Waals surface area contributed by atoms with Gasteiger partial charge in [0.15, 0.2) is 0 Å². The lowest BCUT2D eigenvalue weighted by Crippen LogP contribution is -2.27. The van der Waals surface area contributed by atoms with Gasteiger partial charge in [0.05, 0.1) is 17.0 Å². The number of carbonyl (C=O) groups is 1. The first kappa shape index (κ1) is 20.4. The first-order chi connectivity index (χ1) is 10.3. The minimum atomic E-state index is 0. The van der Waals surface area contributed by atoms with Gasteiger partial charge in [-0.05, 0) is 43.3 Å². The Morgan fingerprint density at radius 3 is 2.96 bits per heavy atom. The van der Waals surface area contributed by atoms with E-state index in [9.17, 15) is 4.79 Å². The molecule has 23 heavy (non-hydrogen) atoms. The second-order valence-electron chi connectivity index (χ2n) is 5.30. The van der Waals surface area contributed by atoms with Gasteiger partial charge in [-0.15, -0.1) is 47.5 Å². The molecule has 1 aliphatic rings. The van der Waals surface area contributed by atoms with E-state index in [-0.39, 0.29) is 30.7 Å². The fourth-order valence-electron chi connectivity index (χ4n) is 2.51. The Morgan fingerprint density at radius 2 is 2.26 bits per heavy atom. The van der Waals surface area contributed by atoms with Gasteiger partial charge >= 0.3 is 0 Å². The molecule has 0 saturated carbocycles. The van der Waals surface area contributed by atoms with Gasteiger partial charge in [-0.25, -0.2) is 4.98 Å². The monoisotopic (exact) mass is 393 g/mol. The third kappa shape index (κ3) is 6.04. The quantitative estimate of drug-likeness (QED) is 0.790. The molecule has 2 aromatic rings. The van der Waals surface area contributed by atoms with Crippen molar-refractivity contribution in [3.8, 4) is 9.88 Å².